The van der Waals surface area contributed by atoms with Crippen LogP contribution in [0.25, 0.3) is 0 Å². The number of ether oxygens (including phenoxy) is 1. The lowest BCUT2D eigenvalue weighted by Crippen LogP contribution is -2.35. The van der Waals surface area contributed by atoms with Gasteiger partial charge in [0, 0.05) is 17.5 Å². The number of benzene rings is 1. The molecule has 2 atom stereocenters. The number of nitrogens with zero attached hydrogens (tertiary/aromatic N) is 1. The summed E-state index contributed by atoms with van der Waals surface area (Å²) in [6, 6.07) is 5.31. The van der Waals surface area contributed by atoms with Crippen molar-refractivity contribution in [1.29, 1.82) is 0 Å². The SMILES string of the molecule is CCCNC(C)C(c1ccc(OC)cc1[N+](=O)[O-])C(C)C. The summed E-state index contributed by atoms with van der Waals surface area (Å²) in [6.07, 6.45) is 1.04. The first-order valence-corrected chi connectivity index (χ1v) is 7.48. The second kappa shape index (κ2) is 7.98. The van der Waals surface area contributed by atoms with Gasteiger partial charge in [-0.1, -0.05) is 20.8 Å². The molecule has 1 N–H and O–H groups in total. The van der Waals surface area contributed by atoms with Crippen molar-refractivity contribution in [3.8, 4) is 5.75 Å². The molecule has 1 aromatic rings. The fourth-order valence-electron chi connectivity index (χ4n) is 2.80. The van der Waals surface area contributed by atoms with Gasteiger partial charge in [-0.3, -0.25) is 10.1 Å². The van der Waals surface area contributed by atoms with Gasteiger partial charge in [-0.05, 0) is 37.9 Å². The average molecular weight is 294 g/mol. The monoisotopic (exact) mass is 294 g/mol. The van der Waals surface area contributed by atoms with Crippen LogP contribution in [0, 0.1) is 16.0 Å². The van der Waals surface area contributed by atoms with Crippen molar-refractivity contribution in [3.05, 3.63) is 33.9 Å². The van der Waals surface area contributed by atoms with E-state index in [0.29, 0.717) is 11.7 Å². The summed E-state index contributed by atoms with van der Waals surface area (Å²) in [5, 5.41) is 14.8. The fourth-order valence-corrected chi connectivity index (χ4v) is 2.80. The highest BCUT2D eigenvalue weighted by atomic mass is 16.6. The number of nitrogens with one attached hydrogen (secondary N) is 1. The third kappa shape index (κ3) is 4.43. The molecule has 21 heavy (non-hydrogen) atoms. The summed E-state index contributed by atoms with van der Waals surface area (Å²) in [5.74, 6) is 0.904. The van der Waals surface area contributed by atoms with Gasteiger partial charge in [0.2, 0.25) is 0 Å². The Balaban J connectivity index is 3.21. The Labute approximate surface area is 126 Å². The van der Waals surface area contributed by atoms with Crippen LogP contribution in [0.5, 0.6) is 5.75 Å². The molecule has 5 heteroatoms. The molecule has 0 saturated carbocycles. The van der Waals surface area contributed by atoms with Gasteiger partial charge in [-0.2, -0.15) is 0 Å². The van der Waals surface area contributed by atoms with Gasteiger partial charge in [0.25, 0.3) is 5.69 Å². The number of hydrogen-bond donors (Lipinski definition) is 1. The van der Waals surface area contributed by atoms with Crippen LogP contribution < -0.4 is 10.1 Å². The molecule has 0 spiro atoms. The second-order valence-corrected chi connectivity index (χ2v) is 5.69. The minimum Gasteiger partial charge on any atom is -0.497 e. The van der Waals surface area contributed by atoms with Gasteiger partial charge in [0.1, 0.15) is 5.75 Å². The van der Waals surface area contributed by atoms with Crippen molar-refractivity contribution in [2.75, 3.05) is 13.7 Å². The molecule has 0 aliphatic rings. The van der Waals surface area contributed by atoms with Crippen LogP contribution in [0.4, 0.5) is 5.69 Å². The van der Waals surface area contributed by atoms with Crippen molar-refractivity contribution < 1.29 is 9.66 Å². The van der Waals surface area contributed by atoms with Crippen LogP contribution >= 0.6 is 0 Å². The molecule has 0 aliphatic carbocycles. The van der Waals surface area contributed by atoms with Crippen molar-refractivity contribution >= 4 is 5.69 Å². The summed E-state index contributed by atoms with van der Waals surface area (Å²) in [6.45, 7) is 9.31. The predicted octanol–water partition coefficient (Wildman–Crippen LogP) is 3.73. The van der Waals surface area contributed by atoms with Crippen molar-refractivity contribution in [1.82, 2.24) is 5.32 Å². The van der Waals surface area contributed by atoms with E-state index in [1.807, 2.05) is 6.07 Å². The summed E-state index contributed by atoms with van der Waals surface area (Å²) >= 11 is 0. The highest BCUT2D eigenvalue weighted by molar-refractivity contribution is 5.48. The maximum atomic E-state index is 11.4. The summed E-state index contributed by atoms with van der Waals surface area (Å²) in [4.78, 5) is 11.1. The minimum absolute atomic E-state index is 0.0860. The maximum Gasteiger partial charge on any atom is 0.276 e. The van der Waals surface area contributed by atoms with Crippen LogP contribution in [0.15, 0.2) is 18.2 Å². The third-order valence-electron chi connectivity index (χ3n) is 3.77. The first kappa shape index (κ1) is 17.4. The quantitative estimate of drug-likeness (QED) is 0.586. The first-order valence-electron chi connectivity index (χ1n) is 7.48. The molecule has 5 nitrogen and oxygen atoms in total. The summed E-state index contributed by atoms with van der Waals surface area (Å²) in [5.41, 5.74) is 0.908. The number of nitro benzene ring substituents is 1. The third-order valence-corrected chi connectivity index (χ3v) is 3.77. The molecule has 2 unspecified atom stereocenters. The molecule has 118 valence electrons. The number of rotatable bonds is 8. The zero-order valence-corrected chi connectivity index (χ0v) is 13.6. The van der Waals surface area contributed by atoms with E-state index in [9.17, 15) is 10.1 Å². The Kier molecular flexibility index (Phi) is 6.62. The molecule has 0 aliphatic heterocycles. The van der Waals surface area contributed by atoms with E-state index >= 15 is 0 Å². The van der Waals surface area contributed by atoms with Crippen LogP contribution in [-0.2, 0) is 0 Å². The lowest BCUT2D eigenvalue weighted by atomic mass is 9.82. The highest BCUT2D eigenvalue weighted by Gasteiger charge is 2.29. The van der Waals surface area contributed by atoms with Crippen LogP contribution in [0.1, 0.15) is 45.6 Å². The van der Waals surface area contributed by atoms with Gasteiger partial charge in [0.15, 0.2) is 0 Å². The second-order valence-electron chi connectivity index (χ2n) is 5.69. The van der Waals surface area contributed by atoms with Gasteiger partial charge in [-0.25, -0.2) is 0 Å². The van der Waals surface area contributed by atoms with Crippen LogP contribution in [0.3, 0.4) is 0 Å². The lowest BCUT2D eigenvalue weighted by Gasteiger charge is -2.28. The Morgan fingerprint density at radius 3 is 2.48 bits per heavy atom. The zero-order chi connectivity index (χ0) is 16.0. The fraction of sp³-hybridized carbons (Fsp3) is 0.625. The zero-order valence-electron chi connectivity index (χ0n) is 13.6. The van der Waals surface area contributed by atoms with E-state index in [4.69, 9.17) is 4.74 Å². The van der Waals surface area contributed by atoms with Gasteiger partial charge >= 0.3 is 0 Å². The summed E-state index contributed by atoms with van der Waals surface area (Å²) < 4.78 is 5.11. The molecule has 0 saturated heterocycles. The van der Waals surface area contributed by atoms with Gasteiger partial charge in [-0.15, -0.1) is 0 Å². The topological polar surface area (TPSA) is 64.4 Å². The number of nitro groups is 1. The van der Waals surface area contributed by atoms with E-state index in [0.717, 1.165) is 18.5 Å². The van der Waals surface area contributed by atoms with E-state index in [1.165, 1.54) is 13.2 Å². The predicted molar refractivity (Wildman–Crippen MR) is 85.0 cm³/mol. The maximum absolute atomic E-state index is 11.4. The molecule has 0 radical (unpaired) electrons. The molecule has 0 bridgehead atoms. The van der Waals surface area contributed by atoms with Gasteiger partial charge < -0.3 is 10.1 Å². The Morgan fingerprint density at radius 1 is 1.33 bits per heavy atom. The van der Waals surface area contributed by atoms with E-state index in [-0.39, 0.29) is 22.6 Å². The number of methoxy groups -OCH3 is 1. The number of hydrogen-bond acceptors (Lipinski definition) is 4. The van der Waals surface area contributed by atoms with Crippen molar-refractivity contribution in [2.24, 2.45) is 5.92 Å². The molecule has 0 aromatic heterocycles. The smallest absolute Gasteiger partial charge is 0.276 e. The Hall–Kier alpha value is -1.62. The molecule has 0 heterocycles. The average Bonchev–Trinajstić information content (AvgIpc) is 2.44. The lowest BCUT2D eigenvalue weighted by molar-refractivity contribution is -0.385. The van der Waals surface area contributed by atoms with Crippen LogP contribution in [0.2, 0.25) is 0 Å². The van der Waals surface area contributed by atoms with Crippen molar-refractivity contribution in [3.63, 3.8) is 0 Å². The molecule has 1 aromatic carbocycles. The largest absolute Gasteiger partial charge is 0.497 e. The first-order chi connectivity index (χ1) is 9.92. The Morgan fingerprint density at radius 2 is 2.00 bits per heavy atom. The normalized spacial score (nSPS) is 14.0. The summed E-state index contributed by atoms with van der Waals surface area (Å²) in [7, 11) is 1.52. The van der Waals surface area contributed by atoms with E-state index in [2.05, 4.69) is 33.0 Å². The van der Waals surface area contributed by atoms with E-state index < -0.39 is 0 Å². The molecular formula is C16H26N2O3. The minimum atomic E-state index is -0.320. The van der Waals surface area contributed by atoms with Crippen molar-refractivity contribution in [2.45, 2.75) is 46.1 Å². The van der Waals surface area contributed by atoms with Gasteiger partial charge in [0.05, 0.1) is 18.1 Å². The van der Waals surface area contributed by atoms with Crippen LogP contribution in [-0.4, -0.2) is 24.6 Å². The van der Waals surface area contributed by atoms with E-state index in [1.54, 1.807) is 6.07 Å². The molecule has 1 rings (SSSR count). The standard InChI is InChI=1S/C16H26N2O3/c1-6-9-17-12(4)16(11(2)3)14-8-7-13(21-5)10-15(14)18(19)20/h7-8,10-12,16-17H,6,9H2,1-5H3. The molecule has 0 amide bonds. The molecular weight excluding hydrogens is 268 g/mol. The molecule has 0 fully saturated rings. The Bertz CT molecular complexity index is 475. The highest BCUT2D eigenvalue weighted by Crippen LogP contribution is 2.36.